The molecule has 6 nitrogen and oxygen atoms in total. The van der Waals surface area contributed by atoms with Gasteiger partial charge in [-0.15, -0.1) is 0 Å². The summed E-state index contributed by atoms with van der Waals surface area (Å²) in [5.41, 5.74) is -0.246. The molecule has 0 fully saturated rings. The number of para-hydroxylation sites is 1. The van der Waals surface area contributed by atoms with Crippen LogP contribution in [0.4, 0.5) is 5.69 Å². The normalized spacial score (nSPS) is 11.8. The number of nitro benzene ring substituents is 1. The van der Waals surface area contributed by atoms with Gasteiger partial charge in [-0.1, -0.05) is 31.9 Å². The average molecular weight is 299 g/mol. The molecule has 0 N–H and O–H groups in total. The summed E-state index contributed by atoms with van der Waals surface area (Å²) in [6.45, 7) is 2.33. The van der Waals surface area contributed by atoms with E-state index in [1.165, 1.54) is 18.2 Å². The first-order valence-corrected chi connectivity index (χ1v) is 7.65. The largest absolute Gasteiger partial charge is 0.465 e. The van der Waals surface area contributed by atoms with E-state index < -0.39 is 21.7 Å². The molecule has 1 aromatic rings. The van der Waals surface area contributed by atoms with Crippen LogP contribution in [-0.2, 0) is 20.3 Å². The van der Waals surface area contributed by atoms with E-state index in [2.05, 4.69) is 0 Å². The van der Waals surface area contributed by atoms with Gasteiger partial charge in [0.25, 0.3) is 5.69 Å². The van der Waals surface area contributed by atoms with Crippen molar-refractivity contribution in [3.05, 3.63) is 34.4 Å². The number of nitrogens with zero attached hydrogens (tertiary/aromatic N) is 1. The number of hydrogen-bond donors (Lipinski definition) is 0. The summed E-state index contributed by atoms with van der Waals surface area (Å²) in [7, 11) is -1.77. The van der Waals surface area contributed by atoms with E-state index in [0.717, 1.165) is 19.3 Å². The summed E-state index contributed by atoms with van der Waals surface area (Å²) in [4.78, 5) is 21.7. The van der Waals surface area contributed by atoms with E-state index in [4.69, 9.17) is 4.74 Å². The molecule has 7 heteroatoms. The Morgan fingerprint density at radius 3 is 2.70 bits per heavy atom. The van der Waals surface area contributed by atoms with Crippen molar-refractivity contribution in [1.29, 1.82) is 0 Å². The number of rotatable bonds is 8. The molecular weight excluding hydrogens is 282 g/mol. The number of esters is 1. The smallest absolute Gasteiger partial charge is 0.318 e. The maximum Gasteiger partial charge on any atom is 0.318 e. The van der Waals surface area contributed by atoms with Gasteiger partial charge in [0.2, 0.25) is 0 Å². The van der Waals surface area contributed by atoms with E-state index in [0.29, 0.717) is 6.61 Å². The molecule has 0 aliphatic rings. The fourth-order valence-electron chi connectivity index (χ4n) is 1.57. The Morgan fingerprint density at radius 2 is 2.05 bits per heavy atom. The molecule has 0 bridgehead atoms. The van der Waals surface area contributed by atoms with E-state index in [9.17, 15) is 19.1 Å². The summed E-state index contributed by atoms with van der Waals surface area (Å²) in [6.07, 6.45) is 2.74. The lowest BCUT2D eigenvalue weighted by molar-refractivity contribution is -0.387. The molecule has 20 heavy (non-hydrogen) atoms. The second-order valence-electron chi connectivity index (χ2n) is 4.14. The fraction of sp³-hybridized carbons (Fsp3) is 0.462. The molecule has 1 rings (SSSR count). The van der Waals surface area contributed by atoms with Crippen molar-refractivity contribution in [3.8, 4) is 0 Å². The third kappa shape index (κ3) is 5.08. The minimum absolute atomic E-state index is 0.0445. The molecule has 0 saturated carbocycles. The molecular formula is C13H17NO5S. The third-order valence-electron chi connectivity index (χ3n) is 2.57. The SMILES string of the molecule is CCCCCOC(=O)CS(=O)c1ccccc1[N+](=O)[O-]. The Balaban J connectivity index is 2.58. The van der Waals surface area contributed by atoms with Crippen molar-refractivity contribution in [2.24, 2.45) is 0 Å². The Kier molecular flexibility index (Phi) is 6.86. The second-order valence-corrected chi connectivity index (χ2v) is 5.56. The molecule has 0 aliphatic heterocycles. The number of benzene rings is 1. The topological polar surface area (TPSA) is 86.5 Å². The summed E-state index contributed by atoms with van der Waals surface area (Å²) in [6, 6.07) is 5.69. The summed E-state index contributed by atoms with van der Waals surface area (Å²) in [5.74, 6) is -0.964. The minimum Gasteiger partial charge on any atom is -0.465 e. The lowest BCUT2D eigenvalue weighted by atomic mass is 10.3. The van der Waals surface area contributed by atoms with Gasteiger partial charge in [-0.3, -0.25) is 19.1 Å². The highest BCUT2D eigenvalue weighted by molar-refractivity contribution is 7.85. The van der Waals surface area contributed by atoms with Crippen LogP contribution in [0.15, 0.2) is 29.2 Å². The van der Waals surface area contributed by atoms with Gasteiger partial charge in [0.05, 0.1) is 22.3 Å². The van der Waals surface area contributed by atoms with Crippen molar-refractivity contribution < 1.29 is 18.7 Å². The van der Waals surface area contributed by atoms with E-state index in [1.807, 2.05) is 6.92 Å². The molecule has 1 unspecified atom stereocenters. The highest BCUT2D eigenvalue weighted by atomic mass is 32.2. The molecule has 0 amide bonds. The van der Waals surface area contributed by atoms with Crippen LogP contribution in [0.3, 0.4) is 0 Å². The van der Waals surface area contributed by atoms with Gasteiger partial charge in [-0.2, -0.15) is 0 Å². The first-order chi connectivity index (χ1) is 9.56. The van der Waals surface area contributed by atoms with Crippen LogP contribution in [0.1, 0.15) is 26.2 Å². The lowest BCUT2D eigenvalue weighted by Gasteiger charge is -2.05. The third-order valence-corrected chi connectivity index (χ3v) is 3.90. The van der Waals surface area contributed by atoms with E-state index >= 15 is 0 Å². The number of hydrogen-bond acceptors (Lipinski definition) is 5. The Bertz CT molecular complexity index is 503. The van der Waals surface area contributed by atoms with Gasteiger partial charge in [0, 0.05) is 6.07 Å². The van der Waals surface area contributed by atoms with Gasteiger partial charge in [0.1, 0.15) is 10.6 Å². The lowest BCUT2D eigenvalue weighted by Crippen LogP contribution is -2.15. The predicted octanol–water partition coefficient (Wildman–Crippen LogP) is 2.44. The van der Waals surface area contributed by atoms with Crippen LogP contribution in [0.2, 0.25) is 0 Å². The molecule has 1 atom stereocenters. The zero-order valence-corrected chi connectivity index (χ0v) is 12.1. The predicted molar refractivity (Wildman–Crippen MR) is 74.9 cm³/mol. The van der Waals surface area contributed by atoms with Crippen LogP contribution in [0, 0.1) is 10.1 Å². The van der Waals surface area contributed by atoms with Crippen molar-refractivity contribution in [2.45, 2.75) is 31.1 Å². The number of carbonyl (C=O) groups excluding carboxylic acids is 1. The van der Waals surface area contributed by atoms with Crippen molar-refractivity contribution in [3.63, 3.8) is 0 Å². The molecule has 0 radical (unpaired) electrons. The van der Waals surface area contributed by atoms with Crippen LogP contribution in [0.5, 0.6) is 0 Å². The monoisotopic (exact) mass is 299 g/mol. The first-order valence-electron chi connectivity index (χ1n) is 6.33. The van der Waals surface area contributed by atoms with E-state index in [1.54, 1.807) is 6.07 Å². The molecule has 0 saturated heterocycles. The summed E-state index contributed by atoms with van der Waals surface area (Å²) < 4.78 is 16.9. The molecule has 0 spiro atoms. The second kappa shape index (κ2) is 8.42. The van der Waals surface area contributed by atoms with Gasteiger partial charge >= 0.3 is 5.97 Å². The molecule has 0 heterocycles. The Morgan fingerprint density at radius 1 is 1.35 bits per heavy atom. The summed E-state index contributed by atoms with van der Waals surface area (Å²) >= 11 is 0. The highest BCUT2D eigenvalue weighted by Gasteiger charge is 2.20. The molecule has 0 aliphatic carbocycles. The zero-order valence-electron chi connectivity index (χ0n) is 11.2. The quantitative estimate of drug-likeness (QED) is 0.318. The van der Waals surface area contributed by atoms with Crippen LogP contribution >= 0.6 is 0 Å². The van der Waals surface area contributed by atoms with Gasteiger partial charge in [-0.25, -0.2) is 0 Å². The maximum absolute atomic E-state index is 12.0. The molecule has 0 aromatic heterocycles. The zero-order chi connectivity index (χ0) is 15.0. The summed E-state index contributed by atoms with van der Waals surface area (Å²) in [5, 5.41) is 10.8. The molecule has 1 aromatic carbocycles. The standard InChI is InChI=1S/C13H17NO5S/c1-2-3-6-9-19-13(15)10-20(18)12-8-5-4-7-11(12)14(16)17/h4-5,7-8H,2-3,6,9-10H2,1H3. The van der Waals surface area contributed by atoms with Crippen molar-refractivity contribution in [1.82, 2.24) is 0 Å². The van der Waals surface area contributed by atoms with Crippen molar-refractivity contribution >= 4 is 22.5 Å². The van der Waals surface area contributed by atoms with Gasteiger partial charge < -0.3 is 4.74 Å². The Hall–Kier alpha value is -1.76. The van der Waals surface area contributed by atoms with Crippen molar-refractivity contribution in [2.75, 3.05) is 12.4 Å². The number of nitro groups is 1. The number of carbonyl (C=O) groups is 1. The highest BCUT2D eigenvalue weighted by Crippen LogP contribution is 2.21. The number of ether oxygens (including phenoxy) is 1. The van der Waals surface area contributed by atoms with Crippen LogP contribution in [-0.4, -0.2) is 27.5 Å². The first kappa shape index (κ1) is 16.3. The van der Waals surface area contributed by atoms with Gasteiger partial charge in [0.15, 0.2) is 0 Å². The fourth-order valence-corrected chi connectivity index (χ4v) is 2.62. The van der Waals surface area contributed by atoms with E-state index in [-0.39, 0.29) is 16.3 Å². The number of unbranched alkanes of at least 4 members (excludes halogenated alkanes) is 2. The molecule has 110 valence electrons. The van der Waals surface area contributed by atoms with Gasteiger partial charge in [-0.05, 0) is 12.5 Å². The minimum atomic E-state index is -1.77. The Labute approximate surface area is 119 Å². The maximum atomic E-state index is 12.0. The average Bonchev–Trinajstić information content (AvgIpc) is 2.43. The van der Waals surface area contributed by atoms with Crippen LogP contribution < -0.4 is 0 Å². The van der Waals surface area contributed by atoms with Crippen LogP contribution in [0.25, 0.3) is 0 Å².